The molecule has 1 aromatic rings. The zero-order valence-corrected chi connectivity index (χ0v) is 10.4. The number of halogens is 1. The highest BCUT2D eigenvalue weighted by atomic mass is 31.2. The third-order valence-electron chi connectivity index (χ3n) is 1.97. The van der Waals surface area contributed by atoms with Crippen LogP contribution in [0.3, 0.4) is 0 Å². The molecule has 0 aliphatic carbocycles. The van der Waals surface area contributed by atoms with Gasteiger partial charge in [-0.2, -0.15) is 0 Å². The Morgan fingerprint density at radius 3 is 2.25 bits per heavy atom. The highest BCUT2D eigenvalue weighted by Gasteiger charge is 2.25. The van der Waals surface area contributed by atoms with Crippen LogP contribution >= 0.6 is 7.60 Å². The lowest BCUT2D eigenvalue weighted by molar-refractivity contribution is 0.219. The SMILES string of the molecule is CCOP(=O)(Cc1ccccc1F)OCC. The third kappa shape index (κ3) is 3.71. The van der Waals surface area contributed by atoms with Crippen molar-refractivity contribution in [1.82, 2.24) is 0 Å². The first-order valence-corrected chi connectivity index (χ1v) is 6.95. The van der Waals surface area contributed by atoms with E-state index >= 15 is 0 Å². The summed E-state index contributed by atoms with van der Waals surface area (Å²) in [5.41, 5.74) is 0.354. The third-order valence-corrected chi connectivity index (χ3v) is 4.00. The maximum Gasteiger partial charge on any atom is 0.335 e. The number of benzene rings is 1. The van der Waals surface area contributed by atoms with E-state index < -0.39 is 7.60 Å². The van der Waals surface area contributed by atoms with E-state index in [1.54, 1.807) is 32.0 Å². The van der Waals surface area contributed by atoms with Crippen molar-refractivity contribution >= 4 is 7.60 Å². The summed E-state index contributed by atoms with van der Waals surface area (Å²) in [6.45, 7) is 4.03. The first kappa shape index (κ1) is 13.4. The average molecular weight is 246 g/mol. The minimum atomic E-state index is -3.21. The van der Waals surface area contributed by atoms with Crippen LogP contribution in [0.15, 0.2) is 24.3 Å². The second kappa shape index (κ2) is 6.14. The lowest BCUT2D eigenvalue weighted by Crippen LogP contribution is -2.00. The lowest BCUT2D eigenvalue weighted by atomic mass is 10.2. The zero-order chi connectivity index (χ0) is 12.0. The fourth-order valence-corrected chi connectivity index (χ4v) is 3.07. The molecule has 0 saturated heterocycles. The van der Waals surface area contributed by atoms with Crippen LogP contribution in [0.5, 0.6) is 0 Å². The zero-order valence-electron chi connectivity index (χ0n) is 9.48. The Kier molecular flexibility index (Phi) is 5.13. The quantitative estimate of drug-likeness (QED) is 0.719. The van der Waals surface area contributed by atoms with E-state index in [-0.39, 0.29) is 25.2 Å². The lowest BCUT2D eigenvalue weighted by Gasteiger charge is -2.17. The minimum absolute atomic E-state index is 0.0264. The van der Waals surface area contributed by atoms with Gasteiger partial charge in [0.2, 0.25) is 0 Å². The van der Waals surface area contributed by atoms with Gasteiger partial charge in [-0.25, -0.2) is 4.39 Å². The average Bonchev–Trinajstić information content (AvgIpc) is 2.22. The van der Waals surface area contributed by atoms with Crippen molar-refractivity contribution in [2.24, 2.45) is 0 Å². The van der Waals surface area contributed by atoms with Crippen molar-refractivity contribution in [2.75, 3.05) is 13.2 Å². The molecule has 3 nitrogen and oxygen atoms in total. The molecule has 0 atom stereocenters. The summed E-state index contributed by atoms with van der Waals surface area (Å²) >= 11 is 0. The van der Waals surface area contributed by atoms with Crippen molar-refractivity contribution in [1.29, 1.82) is 0 Å². The van der Waals surface area contributed by atoms with Crippen LogP contribution in [0.25, 0.3) is 0 Å². The molecule has 0 amide bonds. The molecule has 0 fully saturated rings. The molecule has 0 unspecified atom stereocenters. The van der Waals surface area contributed by atoms with E-state index in [1.165, 1.54) is 6.07 Å². The van der Waals surface area contributed by atoms with Crippen LogP contribution in [-0.2, 0) is 19.8 Å². The van der Waals surface area contributed by atoms with E-state index in [4.69, 9.17) is 9.05 Å². The van der Waals surface area contributed by atoms with Crippen LogP contribution in [0, 0.1) is 5.82 Å². The predicted molar refractivity (Wildman–Crippen MR) is 61.0 cm³/mol. The molecule has 16 heavy (non-hydrogen) atoms. The molecular formula is C11H16FO3P. The summed E-state index contributed by atoms with van der Waals surface area (Å²) in [5.74, 6) is -0.387. The molecule has 0 bridgehead atoms. The highest BCUT2D eigenvalue weighted by molar-refractivity contribution is 7.53. The topological polar surface area (TPSA) is 35.5 Å². The Labute approximate surface area is 95.1 Å². The molecule has 0 radical (unpaired) electrons. The van der Waals surface area contributed by atoms with Crippen LogP contribution in [0.4, 0.5) is 4.39 Å². The van der Waals surface area contributed by atoms with Gasteiger partial charge < -0.3 is 9.05 Å². The molecule has 0 aromatic heterocycles. The molecule has 0 aliphatic rings. The second-order valence-corrected chi connectivity index (χ2v) is 5.25. The van der Waals surface area contributed by atoms with Gasteiger partial charge in [0.15, 0.2) is 0 Å². The summed E-state index contributed by atoms with van der Waals surface area (Å²) in [6.07, 6.45) is -0.0264. The van der Waals surface area contributed by atoms with Gasteiger partial charge in [0.1, 0.15) is 5.82 Å². The van der Waals surface area contributed by atoms with Crippen LogP contribution < -0.4 is 0 Å². The predicted octanol–water partition coefficient (Wildman–Crippen LogP) is 3.59. The fraction of sp³-hybridized carbons (Fsp3) is 0.455. The minimum Gasteiger partial charge on any atom is -0.309 e. The molecule has 90 valence electrons. The Morgan fingerprint density at radius 1 is 1.19 bits per heavy atom. The summed E-state index contributed by atoms with van der Waals surface area (Å²) in [6, 6.07) is 6.20. The molecule has 1 aromatic carbocycles. The normalized spacial score (nSPS) is 11.7. The Bertz CT molecular complexity index is 371. The smallest absolute Gasteiger partial charge is 0.309 e. The van der Waals surface area contributed by atoms with Gasteiger partial charge in [-0.1, -0.05) is 18.2 Å². The van der Waals surface area contributed by atoms with Crippen LogP contribution in [0.1, 0.15) is 19.4 Å². The summed E-state index contributed by atoms with van der Waals surface area (Å²) in [5, 5.41) is 0. The fourth-order valence-electron chi connectivity index (χ4n) is 1.36. The maximum atomic E-state index is 13.4. The van der Waals surface area contributed by atoms with Gasteiger partial charge in [0.25, 0.3) is 0 Å². The van der Waals surface area contributed by atoms with E-state index in [0.29, 0.717) is 5.56 Å². The van der Waals surface area contributed by atoms with E-state index in [9.17, 15) is 8.96 Å². The number of hydrogen-bond acceptors (Lipinski definition) is 3. The molecular weight excluding hydrogens is 230 g/mol. The first-order valence-electron chi connectivity index (χ1n) is 5.23. The van der Waals surface area contributed by atoms with Crippen LogP contribution in [-0.4, -0.2) is 13.2 Å². The monoisotopic (exact) mass is 246 g/mol. The number of rotatable bonds is 6. The van der Waals surface area contributed by atoms with Gasteiger partial charge in [-0.15, -0.1) is 0 Å². The van der Waals surface area contributed by atoms with E-state index in [0.717, 1.165) is 0 Å². The summed E-state index contributed by atoms with van der Waals surface area (Å²) in [4.78, 5) is 0. The highest BCUT2D eigenvalue weighted by Crippen LogP contribution is 2.51. The van der Waals surface area contributed by atoms with Crippen molar-refractivity contribution in [2.45, 2.75) is 20.0 Å². The van der Waals surface area contributed by atoms with Crippen molar-refractivity contribution in [3.8, 4) is 0 Å². The Hall–Kier alpha value is -0.700. The summed E-state index contributed by atoms with van der Waals surface area (Å²) < 4.78 is 35.7. The number of hydrogen-bond donors (Lipinski definition) is 0. The van der Waals surface area contributed by atoms with Gasteiger partial charge in [0.05, 0.1) is 19.4 Å². The van der Waals surface area contributed by atoms with Crippen molar-refractivity contribution in [3.63, 3.8) is 0 Å². The van der Waals surface area contributed by atoms with E-state index in [2.05, 4.69) is 0 Å². The van der Waals surface area contributed by atoms with Gasteiger partial charge >= 0.3 is 7.60 Å². The van der Waals surface area contributed by atoms with Crippen LogP contribution in [0.2, 0.25) is 0 Å². The molecule has 0 saturated carbocycles. The Balaban J connectivity index is 2.83. The first-order chi connectivity index (χ1) is 7.61. The second-order valence-electron chi connectivity index (χ2n) is 3.20. The Morgan fingerprint density at radius 2 is 1.75 bits per heavy atom. The maximum absolute atomic E-state index is 13.4. The standard InChI is InChI=1S/C11H16FO3P/c1-3-14-16(13,15-4-2)9-10-7-5-6-8-11(10)12/h5-8H,3-4,9H2,1-2H3. The molecule has 5 heteroatoms. The molecule has 0 heterocycles. The van der Waals surface area contributed by atoms with Gasteiger partial charge in [-0.05, 0) is 25.5 Å². The molecule has 0 N–H and O–H groups in total. The molecule has 0 spiro atoms. The molecule has 1 rings (SSSR count). The van der Waals surface area contributed by atoms with Gasteiger partial charge in [0, 0.05) is 0 Å². The van der Waals surface area contributed by atoms with Gasteiger partial charge in [-0.3, -0.25) is 4.57 Å². The summed E-state index contributed by atoms with van der Waals surface area (Å²) in [7, 11) is -3.21. The molecule has 0 aliphatic heterocycles. The van der Waals surface area contributed by atoms with Crippen molar-refractivity contribution in [3.05, 3.63) is 35.6 Å². The van der Waals surface area contributed by atoms with E-state index in [1.807, 2.05) is 0 Å². The largest absolute Gasteiger partial charge is 0.335 e. The van der Waals surface area contributed by atoms with Crippen molar-refractivity contribution < 1.29 is 18.0 Å².